The molecule has 1 aromatic heterocycles. The van der Waals surface area contributed by atoms with Gasteiger partial charge in [0.15, 0.2) is 0 Å². The molecule has 0 atom stereocenters. The zero-order valence-corrected chi connectivity index (χ0v) is 21.8. The van der Waals surface area contributed by atoms with Crippen molar-refractivity contribution in [2.24, 2.45) is 0 Å². The highest BCUT2D eigenvalue weighted by atomic mass is 16.6. The van der Waals surface area contributed by atoms with E-state index in [1.165, 1.54) is 12.1 Å². The lowest BCUT2D eigenvalue weighted by molar-refractivity contribution is -0.385. The fraction of sp³-hybridized carbons (Fsp3) is 0.792. The molecule has 13 heteroatoms. The topological polar surface area (TPSA) is 139 Å². The van der Waals surface area contributed by atoms with E-state index in [0.29, 0.717) is 105 Å². The lowest BCUT2D eigenvalue weighted by Gasteiger charge is -2.09. The van der Waals surface area contributed by atoms with Crippen molar-refractivity contribution in [1.82, 2.24) is 4.98 Å². The number of pyridine rings is 1. The van der Waals surface area contributed by atoms with Gasteiger partial charge in [-0.15, -0.1) is 0 Å². The number of hydrogen-bond acceptors (Lipinski definition) is 12. The third-order valence-corrected chi connectivity index (χ3v) is 4.36. The highest BCUT2D eigenvalue weighted by molar-refractivity contribution is 5.28. The van der Waals surface area contributed by atoms with Gasteiger partial charge < -0.3 is 42.6 Å². The number of hydrogen-bond donors (Lipinski definition) is 0. The molecule has 0 saturated carbocycles. The summed E-state index contributed by atoms with van der Waals surface area (Å²) in [5.74, 6) is 0.311. The second-order valence-corrected chi connectivity index (χ2v) is 7.36. The maximum atomic E-state index is 10.6. The maximum Gasteiger partial charge on any atom is 0.287 e. The molecule has 1 aromatic rings. The van der Waals surface area contributed by atoms with Gasteiger partial charge in [-0.1, -0.05) is 6.92 Å². The highest BCUT2D eigenvalue weighted by Crippen LogP contribution is 2.13. The van der Waals surface area contributed by atoms with Gasteiger partial charge in [0.2, 0.25) is 5.88 Å². The molecule has 0 N–H and O–H groups in total. The van der Waals surface area contributed by atoms with Gasteiger partial charge in [-0.3, -0.25) is 10.1 Å². The Bertz CT molecular complexity index is 638. The van der Waals surface area contributed by atoms with Gasteiger partial charge in [-0.05, 0) is 6.42 Å². The molecule has 0 aliphatic heterocycles. The summed E-state index contributed by atoms with van der Waals surface area (Å²) >= 11 is 0. The van der Waals surface area contributed by atoms with Crippen LogP contribution in [0.15, 0.2) is 18.3 Å². The van der Waals surface area contributed by atoms with Crippen LogP contribution in [0.1, 0.15) is 13.3 Å². The van der Waals surface area contributed by atoms with Crippen LogP contribution >= 0.6 is 0 Å². The molecular weight excluding hydrogens is 492 g/mol. The third kappa shape index (κ3) is 21.8. The van der Waals surface area contributed by atoms with Crippen molar-refractivity contribution >= 4 is 5.69 Å². The Morgan fingerprint density at radius 2 is 0.946 bits per heavy atom. The number of nitro groups is 1. The molecule has 214 valence electrons. The summed E-state index contributed by atoms with van der Waals surface area (Å²) in [5, 5.41) is 10.6. The van der Waals surface area contributed by atoms with Crippen LogP contribution in [0.5, 0.6) is 5.88 Å². The Hall–Kier alpha value is -1.97. The molecule has 0 saturated heterocycles. The summed E-state index contributed by atoms with van der Waals surface area (Å²) in [6, 6.07) is 2.79. The molecule has 0 bridgehead atoms. The fourth-order valence-corrected chi connectivity index (χ4v) is 2.56. The number of ether oxygens (including phenoxy) is 9. The van der Waals surface area contributed by atoms with E-state index in [4.69, 9.17) is 42.6 Å². The first-order valence-electron chi connectivity index (χ1n) is 12.6. The molecule has 0 aliphatic carbocycles. The van der Waals surface area contributed by atoms with Crippen LogP contribution in [-0.2, 0) is 37.9 Å². The number of nitrogens with zero attached hydrogens (tertiary/aromatic N) is 2. The average molecular weight is 535 g/mol. The van der Waals surface area contributed by atoms with Gasteiger partial charge in [0.25, 0.3) is 5.69 Å². The molecule has 1 rings (SSSR count). The lowest BCUT2D eigenvalue weighted by atomic mass is 10.4. The molecule has 1 heterocycles. The Kier molecular flexibility index (Phi) is 22.9. The van der Waals surface area contributed by atoms with Gasteiger partial charge in [0, 0.05) is 18.7 Å². The predicted octanol–water partition coefficient (Wildman–Crippen LogP) is 1.91. The van der Waals surface area contributed by atoms with Gasteiger partial charge in [-0.2, -0.15) is 0 Å². The molecule has 0 spiro atoms. The van der Waals surface area contributed by atoms with Crippen LogP contribution in [0.2, 0.25) is 0 Å². The van der Waals surface area contributed by atoms with Crippen molar-refractivity contribution in [2.45, 2.75) is 13.3 Å². The van der Waals surface area contributed by atoms with Crippen LogP contribution in [-0.4, -0.2) is 122 Å². The van der Waals surface area contributed by atoms with Gasteiger partial charge >= 0.3 is 0 Å². The minimum atomic E-state index is -0.513. The molecule has 0 aromatic carbocycles. The zero-order valence-electron chi connectivity index (χ0n) is 21.8. The van der Waals surface area contributed by atoms with E-state index in [1.807, 2.05) is 0 Å². The van der Waals surface area contributed by atoms with E-state index in [1.54, 1.807) is 0 Å². The summed E-state index contributed by atoms with van der Waals surface area (Å²) < 4.78 is 48.5. The molecule has 13 nitrogen and oxygen atoms in total. The SMILES string of the molecule is CCCOCCOCCOCCOCCOCCOCCOCCOCCOc1ccc([N+](=O)[O-])cn1. The van der Waals surface area contributed by atoms with Crippen LogP contribution in [0, 0.1) is 10.1 Å². The van der Waals surface area contributed by atoms with Crippen LogP contribution in [0.25, 0.3) is 0 Å². The second-order valence-electron chi connectivity index (χ2n) is 7.36. The van der Waals surface area contributed by atoms with Crippen LogP contribution in [0.3, 0.4) is 0 Å². The van der Waals surface area contributed by atoms with Crippen molar-refractivity contribution in [3.8, 4) is 5.88 Å². The van der Waals surface area contributed by atoms with E-state index >= 15 is 0 Å². The van der Waals surface area contributed by atoms with Crippen molar-refractivity contribution in [3.05, 3.63) is 28.4 Å². The molecule has 0 aliphatic rings. The van der Waals surface area contributed by atoms with Crippen molar-refractivity contribution in [3.63, 3.8) is 0 Å². The monoisotopic (exact) mass is 534 g/mol. The Morgan fingerprint density at radius 3 is 1.24 bits per heavy atom. The third-order valence-electron chi connectivity index (χ3n) is 4.36. The Morgan fingerprint density at radius 1 is 0.595 bits per heavy atom. The highest BCUT2D eigenvalue weighted by Gasteiger charge is 2.05. The van der Waals surface area contributed by atoms with Crippen LogP contribution < -0.4 is 4.74 Å². The minimum absolute atomic E-state index is 0.0815. The summed E-state index contributed by atoms with van der Waals surface area (Å²) in [4.78, 5) is 13.9. The molecule has 37 heavy (non-hydrogen) atoms. The number of rotatable bonds is 28. The first kappa shape index (κ1) is 33.1. The Balaban J connectivity index is 1.69. The van der Waals surface area contributed by atoms with E-state index in [0.717, 1.165) is 19.2 Å². The van der Waals surface area contributed by atoms with Gasteiger partial charge in [-0.25, -0.2) is 4.98 Å². The standard InChI is InChI=1S/C24H42N2O11/c1-2-5-29-6-7-30-8-9-31-10-11-32-12-13-33-14-15-34-16-17-35-18-19-36-20-21-37-24-4-3-23(22-25-24)26(27)28/h3-4,22H,2,5-21H2,1H3. The lowest BCUT2D eigenvalue weighted by Crippen LogP contribution is -2.15. The molecule has 0 fully saturated rings. The second kappa shape index (κ2) is 25.7. The summed E-state index contributed by atoms with van der Waals surface area (Å²) in [7, 11) is 0. The van der Waals surface area contributed by atoms with Crippen molar-refractivity contribution in [2.75, 3.05) is 112 Å². The predicted molar refractivity (Wildman–Crippen MR) is 133 cm³/mol. The molecular formula is C24H42N2O11. The first-order chi connectivity index (χ1) is 18.2. The van der Waals surface area contributed by atoms with Gasteiger partial charge in [0.05, 0.1) is 104 Å². The van der Waals surface area contributed by atoms with E-state index in [2.05, 4.69) is 11.9 Å². The quantitative estimate of drug-likeness (QED) is 0.0881. The summed E-state index contributed by atoms with van der Waals surface area (Å²) in [6.07, 6.45) is 2.17. The first-order valence-corrected chi connectivity index (χ1v) is 12.6. The van der Waals surface area contributed by atoms with E-state index in [-0.39, 0.29) is 12.3 Å². The van der Waals surface area contributed by atoms with Crippen molar-refractivity contribution in [1.29, 1.82) is 0 Å². The maximum absolute atomic E-state index is 10.6. The fourth-order valence-electron chi connectivity index (χ4n) is 2.56. The van der Waals surface area contributed by atoms with E-state index < -0.39 is 4.92 Å². The summed E-state index contributed by atoms with van der Waals surface area (Å²) in [6.45, 7) is 10.6. The molecule has 0 unspecified atom stereocenters. The average Bonchev–Trinajstić information content (AvgIpc) is 2.91. The van der Waals surface area contributed by atoms with Gasteiger partial charge in [0.1, 0.15) is 12.8 Å². The number of aromatic nitrogens is 1. The minimum Gasteiger partial charge on any atom is -0.475 e. The van der Waals surface area contributed by atoms with E-state index in [9.17, 15) is 10.1 Å². The van der Waals surface area contributed by atoms with Crippen LogP contribution in [0.4, 0.5) is 5.69 Å². The van der Waals surface area contributed by atoms with Crippen molar-refractivity contribution < 1.29 is 47.6 Å². The Labute approximate surface area is 218 Å². The molecule has 0 radical (unpaired) electrons. The smallest absolute Gasteiger partial charge is 0.287 e. The normalized spacial score (nSPS) is 11.2. The molecule has 0 amide bonds. The summed E-state index contributed by atoms with van der Waals surface area (Å²) in [5.41, 5.74) is -0.0815. The zero-order chi connectivity index (χ0) is 26.7. The largest absolute Gasteiger partial charge is 0.475 e.